The number of nitrogens with two attached hydrogens (primary N) is 1. The van der Waals surface area contributed by atoms with Crippen LogP contribution in [0.5, 0.6) is 0 Å². The topological polar surface area (TPSA) is 46.3 Å². The van der Waals surface area contributed by atoms with Gasteiger partial charge < -0.3 is 10.6 Å². The minimum Gasteiger partial charge on any atom is -0.397 e. The molecule has 3 nitrogen and oxygen atoms in total. The molecule has 2 unspecified atom stereocenters. The van der Waals surface area contributed by atoms with E-state index in [-0.39, 0.29) is 11.9 Å². The normalized spacial score (nSPS) is 22.7. The van der Waals surface area contributed by atoms with Gasteiger partial charge in [0, 0.05) is 22.7 Å². The third-order valence-electron chi connectivity index (χ3n) is 4.27. The first-order valence-corrected chi connectivity index (χ1v) is 8.46. The zero-order valence-electron chi connectivity index (χ0n) is 12.2. The minimum absolute atomic E-state index is 0.0452. The van der Waals surface area contributed by atoms with E-state index >= 15 is 0 Å². The van der Waals surface area contributed by atoms with Crippen LogP contribution in [-0.2, 0) is 0 Å². The van der Waals surface area contributed by atoms with Crippen LogP contribution in [0.1, 0.15) is 36.4 Å². The van der Waals surface area contributed by atoms with E-state index in [2.05, 4.69) is 13.8 Å². The van der Waals surface area contributed by atoms with Crippen molar-refractivity contribution in [3.8, 4) is 0 Å². The molecule has 1 aliphatic heterocycles. The summed E-state index contributed by atoms with van der Waals surface area (Å²) in [4.78, 5) is 15.5. The summed E-state index contributed by atoms with van der Waals surface area (Å²) >= 11 is 7.66. The molecule has 2 heterocycles. The van der Waals surface area contributed by atoms with Gasteiger partial charge in [-0.15, -0.1) is 11.3 Å². The molecule has 2 N–H and O–H groups in total. The maximum atomic E-state index is 12.9. The summed E-state index contributed by atoms with van der Waals surface area (Å²) in [7, 11) is 0. The predicted octanol–water partition coefficient (Wildman–Crippen LogP) is 4.40. The molecule has 1 aromatic heterocycles. The number of anilines is 1. The molecule has 112 valence electrons. The van der Waals surface area contributed by atoms with E-state index in [1.165, 1.54) is 17.8 Å². The molecule has 3 rings (SSSR count). The molecule has 0 spiro atoms. The van der Waals surface area contributed by atoms with Crippen LogP contribution in [0.15, 0.2) is 18.2 Å². The van der Waals surface area contributed by atoms with E-state index in [1.807, 2.05) is 23.1 Å². The van der Waals surface area contributed by atoms with Gasteiger partial charge in [-0.2, -0.15) is 0 Å². The number of carbonyl (C=O) groups excluding carboxylic acids is 1. The van der Waals surface area contributed by atoms with Crippen molar-refractivity contribution in [3.63, 3.8) is 0 Å². The molecule has 2 aromatic rings. The molecular formula is C16H19ClN2OS. The Morgan fingerprint density at radius 1 is 1.38 bits per heavy atom. The fraction of sp³-hybridized carbons (Fsp3) is 0.438. The number of halogens is 1. The Morgan fingerprint density at radius 2 is 2.14 bits per heavy atom. The minimum atomic E-state index is 0.0452. The second kappa shape index (κ2) is 5.50. The smallest absolute Gasteiger partial charge is 0.266 e. The summed E-state index contributed by atoms with van der Waals surface area (Å²) in [6, 6.07) is 5.93. The quantitative estimate of drug-likeness (QED) is 0.846. The van der Waals surface area contributed by atoms with E-state index in [0.29, 0.717) is 21.5 Å². The van der Waals surface area contributed by atoms with Gasteiger partial charge in [0.1, 0.15) is 4.88 Å². The third-order valence-corrected chi connectivity index (χ3v) is 5.75. The summed E-state index contributed by atoms with van der Waals surface area (Å²) in [6.07, 6.45) is 2.23. The van der Waals surface area contributed by atoms with E-state index in [1.54, 1.807) is 0 Å². The summed E-state index contributed by atoms with van der Waals surface area (Å²) in [5.41, 5.74) is 6.73. The van der Waals surface area contributed by atoms with Crippen LogP contribution in [0, 0.1) is 5.92 Å². The number of amides is 1. The van der Waals surface area contributed by atoms with Gasteiger partial charge in [0.25, 0.3) is 5.91 Å². The van der Waals surface area contributed by atoms with Crippen LogP contribution in [0.2, 0.25) is 5.02 Å². The van der Waals surface area contributed by atoms with Crippen molar-refractivity contribution in [2.45, 2.75) is 32.7 Å². The number of nitrogens with zero attached hydrogens (tertiary/aromatic N) is 1. The fourth-order valence-electron chi connectivity index (χ4n) is 2.99. The van der Waals surface area contributed by atoms with Crippen molar-refractivity contribution < 1.29 is 4.79 Å². The Balaban J connectivity index is 2.02. The average molecular weight is 323 g/mol. The van der Waals surface area contributed by atoms with Gasteiger partial charge in [-0.05, 0) is 37.8 Å². The second-order valence-electron chi connectivity index (χ2n) is 5.95. The Kier molecular flexibility index (Phi) is 3.84. The first kappa shape index (κ1) is 14.7. The van der Waals surface area contributed by atoms with Gasteiger partial charge in [-0.3, -0.25) is 4.79 Å². The fourth-order valence-corrected chi connectivity index (χ4v) is 4.43. The van der Waals surface area contributed by atoms with Gasteiger partial charge in [0.15, 0.2) is 0 Å². The molecule has 1 aromatic carbocycles. The standard InChI is InChI=1S/C16H19ClN2OS/c1-9-6-7-10(2)19(8-9)16(20)15-14(18)13-11(17)4-3-5-12(13)21-15/h3-5,9-10H,6-8,18H2,1-2H3. The lowest BCUT2D eigenvalue weighted by Gasteiger charge is -2.36. The number of fused-ring (bicyclic) bond motifs is 1. The predicted molar refractivity (Wildman–Crippen MR) is 90.1 cm³/mol. The van der Waals surface area contributed by atoms with E-state index in [0.717, 1.165) is 23.1 Å². The van der Waals surface area contributed by atoms with E-state index in [4.69, 9.17) is 17.3 Å². The highest BCUT2D eigenvalue weighted by atomic mass is 35.5. The van der Waals surface area contributed by atoms with Crippen molar-refractivity contribution in [3.05, 3.63) is 28.1 Å². The van der Waals surface area contributed by atoms with Gasteiger partial charge in [-0.25, -0.2) is 0 Å². The molecule has 0 bridgehead atoms. The van der Waals surface area contributed by atoms with Crippen molar-refractivity contribution in [1.82, 2.24) is 4.90 Å². The first-order valence-electron chi connectivity index (χ1n) is 7.26. The van der Waals surface area contributed by atoms with Crippen LogP contribution in [-0.4, -0.2) is 23.4 Å². The number of benzene rings is 1. The highest BCUT2D eigenvalue weighted by molar-refractivity contribution is 7.21. The molecule has 0 aliphatic carbocycles. The van der Waals surface area contributed by atoms with Gasteiger partial charge in [-0.1, -0.05) is 24.6 Å². The highest BCUT2D eigenvalue weighted by Crippen LogP contribution is 2.39. The van der Waals surface area contributed by atoms with Gasteiger partial charge >= 0.3 is 0 Å². The average Bonchev–Trinajstić information content (AvgIpc) is 2.79. The van der Waals surface area contributed by atoms with Gasteiger partial charge in [0.05, 0.1) is 10.7 Å². The van der Waals surface area contributed by atoms with E-state index < -0.39 is 0 Å². The maximum absolute atomic E-state index is 12.9. The monoisotopic (exact) mass is 322 g/mol. The van der Waals surface area contributed by atoms with Crippen molar-refractivity contribution >= 4 is 44.6 Å². The zero-order chi connectivity index (χ0) is 15.1. The number of thiophene rings is 1. The molecule has 0 saturated carbocycles. The maximum Gasteiger partial charge on any atom is 0.266 e. The number of carbonyl (C=O) groups is 1. The molecule has 1 fully saturated rings. The van der Waals surface area contributed by atoms with Crippen LogP contribution >= 0.6 is 22.9 Å². The Morgan fingerprint density at radius 3 is 2.86 bits per heavy atom. The second-order valence-corrected chi connectivity index (χ2v) is 7.41. The van der Waals surface area contributed by atoms with E-state index in [9.17, 15) is 4.79 Å². The SMILES string of the molecule is CC1CCC(C)N(C(=O)c2sc3cccc(Cl)c3c2N)C1. The molecule has 0 radical (unpaired) electrons. The van der Waals surface area contributed by atoms with Gasteiger partial charge in [0.2, 0.25) is 0 Å². The number of nitrogen functional groups attached to an aromatic ring is 1. The Bertz CT molecular complexity index is 697. The molecular weight excluding hydrogens is 304 g/mol. The summed E-state index contributed by atoms with van der Waals surface area (Å²) in [5.74, 6) is 0.591. The van der Waals surface area contributed by atoms with Crippen molar-refractivity contribution in [2.24, 2.45) is 5.92 Å². The molecule has 21 heavy (non-hydrogen) atoms. The number of rotatable bonds is 1. The lowest BCUT2D eigenvalue weighted by atomic mass is 9.95. The summed E-state index contributed by atoms with van der Waals surface area (Å²) in [5, 5.41) is 1.42. The molecule has 1 amide bonds. The molecule has 1 saturated heterocycles. The summed E-state index contributed by atoms with van der Waals surface area (Å²) < 4.78 is 0.973. The van der Waals surface area contributed by atoms with Crippen molar-refractivity contribution in [2.75, 3.05) is 12.3 Å². The van der Waals surface area contributed by atoms with Crippen LogP contribution in [0.3, 0.4) is 0 Å². The molecule has 2 atom stereocenters. The lowest BCUT2D eigenvalue weighted by Crippen LogP contribution is -2.44. The Hall–Kier alpha value is -1.26. The number of piperidine rings is 1. The number of hydrogen-bond donors (Lipinski definition) is 1. The lowest BCUT2D eigenvalue weighted by molar-refractivity contribution is 0.0580. The summed E-state index contributed by atoms with van der Waals surface area (Å²) in [6.45, 7) is 5.11. The highest BCUT2D eigenvalue weighted by Gasteiger charge is 2.30. The first-order chi connectivity index (χ1) is 9.99. The van der Waals surface area contributed by atoms with Crippen LogP contribution in [0.25, 0.3) is 10.1 Å². The molecule has 5 heteroatoms. The van der Waals surface area contributed by atoms with Crippen molar-refractivity contribution in [1.29, 1.82) is 0 Å². The number of likely N-dealkylation sites (tertiary alicyclic amines) is 1. The number of hydrogen-bond acceptors (Lipinski definition) is 3. The van der Waals surface area contributed by atoms with Crippen LogP contribution < -0.4 is 5.73 Å². The Labute approximate surface area is 133 Å². The molecule has 1 aliphatic rings. The van der Waals surface area contributed by atoms with Crippen LogP contribution in [0.4, 0.5) is 5.69 Å². The zero-order valence-corrected chi connectivity index (χ0v) is 13.8. The largest absolute Gasteiger partial charge is 0.397 e. The third kappa shape index (κ3) is 2.51.